The number of nitrogens with one attached hydrogen (secondary N) is 2. The van der Waals surface area contributed by atoms with E-state index in [1.54, 1.807) is 25.1 Å². The SMILES string of the molecule is C[C@@H](CN)NC(=O)c1cc(NC(=O)CC(C)(C)C)ccc1Cl. The number of carbonyl (C=O) groups is 2. The van der Waals surface area contributed by atoms with Crippen LogP contribution in [0.4, 0.5) is 5.69 Å². The van der Waals surface area contributed by atoms with Gasteiger partial charge < -0.3 is 16.4 Å². The normalized spacial score (nSPS) is 12.6. The molecular formula is C16H24ClN3O2. The van der Waals surface area contributed by atoms with Gasteiger partial charge in [-0.1, -0.05) is 32.4 Å². The van der Waals surface area contributed by atoms with Gasteiger partial charge >= 0.3 is 0 Å². The quantitative estimate of drug-likeness (QED) is 0.778. The van der Waals surface area contributed by atoms with Crippen molar-refractivity contribution < 1.29 is 9.59 Å². The maximum absolute atomic E-state index is 12.1. The number of hydrogen-bond acceptors (Lipinski definition) is 3. The minimum atomic E-state index is -0.310. The van der Waals surface area contributed by atoms with E-state index in [2.05, 4.69) is 10.6 Å². The number of anilines is 1. The van der Waals surface area contributed by atoms with Crippen LogP contribution in [0, 0.1) is 5.41 Å². The molecule has 6 heteroatoms. The van der Waals surface area contributed by atoms with Crippen LogP contribution in [0.2, 0.25) is 5.02 Å². The molecule has 1 aromatic carbocycles. The zero-order chi connectivity index (χ0) is 16.9. The lowest BCUT2D eigenvalue weighted by Gasteiger charge is -2.18. The highest BCUT2D eigenvalue weighted by molar-refractivity contribution is 6.34. The molecule has 0 aromatic heterocycles. The van der Waals surface area contributed by atoms with Crippen molar-refractivity contribution in [3.8, 4) is 0 Å². The van der Waals surface area contributed by atoms with Crippen molar-refractivity contribution in [3.63, 3.8) is 0 Å². The summed E-state index contributed by atoms with van der Waals surface area (Å²) >= 11 is 6.06. The van der Waals surface area contributed by atoms with Crippen molar-refractivity contribution in [3.05, 3.63) is 28.8 Å². The van der Waals surface area contributed by atoms with Crippen molar-refractivity contribution in [2.45, 2.75) is 40.2 Å². The molecule has 0 spiro atoms. The average Bonchev–Trinajstić information content (AvgIpc) is 2.38. The predicted octanol–water partition coefficient (Wildman–Crippen LogP) is 2.79. The van der Waals surface area contributed by atoms with Gasteiger partial charge in [-0.05, 0) is 30.5 Å². The topological polar surface area (TPSA) is 84.2 Å². The summed E-state index contributed by atoms with van der Waals surface area (Å²) in [5.74, 6) is -0.411. The summed E-state index contributed by atoms with van der Waals surface area (Å²) in [6.45, 7) is 8.11. The third-order valence-electron chi connectivity index (χ3n) is 2.92. The van der Waals surface area contributed by atoms with Crippen LogP contribution >= 0.6 is 11.6 Å². The molecule has 0 bridgehead atoms. The highest BCUT2D eigenvalue weighted by Crippen LogP contribution is 2.23. The van der Waals surface area contributed by atoms with Crippen molar-refractivity contribution >= 4 is 29.1 Å². The van der Waals surface area contributed by atoms with Crippen molar-refractivity contribution in [1.82, 2.24) is 5.32 Å². The number of rotatable bonds is 5. The molecule has 5 nitrogen and oxygen atoms in total. The monoisotopic (exact) mass is 325 g/mol. The van der Waals surface area contributed by atoms with Crippen LogP contribution in [-0.2, 0) is 4.79 Å². The smallest absolute Gasteiger partial charge is 0.253 e. The van der Waals surface area contributed by atoms with Gasteiger partial charge in [0.05, 0.1) is 10.6 Å². The zero-order valence-electron chi connectivity index (χ0n) is 13.5. The second kappa shape index (κ2) is 7.61. The van der Waals surface area contributed by atoms with Gasteiger partial charge in [0.1, 0.15) is 0 Å². The molecule has 0 saturated carbocycles. The van der Waals surface area contributed by atoms with Crippen molar-refractivity contribution in [2.24, 2.45) is 11.1 Å². The Morgan fingerprint density at radius 2 is 1.95 bits per heavy atom. The molecule has 4 N–H and O–H groups in total. The van der Waals surface area contributed by atoms with Crippen LogP contribution in [0.5, 0.6) is 0 Å². The van der Waals surface area contributed by atoms with Crippen LogP contribution in [0.15, 0.2) is 18.2 Å². The minimum Gasteiger partial charge on any atom is -0.348 e. The molecule has 0 heterocycles. The van der Waals surface area contributed by atoms with Crippen LogP contribution in [-0.4, -0.2) is 24.4 Å². The summed E-state index contributed by atoms with van der Waals surface area (Å²) in [4.78, 5) is 24.1. The molecule has 2 amide bonds. The van der Waals surface area contributed by atoms with E-state index in [-0.39, 0.29) is 23.3 Å². The van der Waals surface area contributed by atoms with E-state index >= 15 is 0 Å². The van der Waals surface area contributed by atoms with Crippen LogP contribution in [0.1, 0.15) is 44.5 Å². The summed E-state index contributed by atoms with van der Waals surface area (Å²) in [5, 5.41) is 5.86. The molecule has 1 rings (SSSR count). The Bertz CT molecular complexity index is 553. The number of halogens is 1. The third-order valence-corrected chi connectivity index (χ3v) is 3.25. The summed E-state index contributed by atoms with van der Waals surface area (Å²) < 4.78 is 0. The molecule has 0 radical (unpaired) electrons. The largest absolute Gasteiger partial charge is 0.348 e. The van der Waals surface area contributed by atoms with E-state index in [1.165, 1.54) is 0 Å². The Kier molecular flexibility index (Phi) is 6.38. The lowest BCUT2D eigenvalue weighted by Crippen LogP contribution is -2.37. The van der Waals surface area contributed by atoms with Gasteiger partial charge in [0.15, 0.2) is 0 Å². The zero-order valence-corrected chi connectivity index (χ0v) is 14.3. The molecule has 0 aliphatic rings. The van der Waals surface area contributed by atoms with E-state index < -0.39 is 0 Å². The van der Waals surface area contributed by atoms with Gasteiger partial charge in [0, 0.05) is 24.7 Å². The van der Waals surface area contributed by atoms with E-state index in [9.17, 15) is 9.59 Å². The van der Waals surface area contributed by atoms with Gasteiger partial charge in [-0.3, -0.25) is 9.59 Å². The first kappa shape index (κ1) is 18.5. The lowest BCUT2D eigenvalue weighted by atomic mass is 9.92. The summed E-state index contributed by atoms with van der Waals surface area (Å²) in [7, 11) is 0. The fourth-order valence-corrected chi connectivity index (χ4v) is 2.03. The first-order valence-corrected chi connectivity index (χ1v) is 7.60. The number of nitrogens with two attached hydrogens (primary N) is 1. The molecule has 122 valence electrons. The van der Waals surface area contributed by atoms with Crippen LogP contribution in [0.3, 0.4) is 0 Å². The molecule has 1 atom stereocenters. The first-order chi connectivity index (χ1) is 10.1. The third kappa shape index (κ3) is 6.03. The Balaban J connectivity index is 2.86. The molecule has 0 unspecified atom stereocenters. The van der Waals surface area contributed by atoms with Crippen LogP contribution in [0.25, 0.3) is 0 Å². The van der Waals surface area contributed by atoms with Gasteiger partial charge in [0.2, 0.25) is 5.91 Å². The van der Waals surface area contributed by atoms with E-state index in [1.807, 2.05) is 20.8 Å². The summed E-state index contributed by atoms with van der Waals surface area (Å²) in [6.07, 6.45) is 0.390. The number of amides is 2. The number of carbonyl (C=O) groups excluding carboxylic acids is 2. The Hall–Kier alpha value is -1.59. The highest BCUT2D eigenvalue weighted by Gasteiger charge is 2.17. The fourth-order valence-electron chi connectivity index (χ4n) is 1.82. The van der Waals surface area contributed by atoms with E-state index in [4.69, 9.17) is 17.3 Å². The Labute approximate surface area is 136 Å². The predicted molar refractivity (Wildman–Crippen MR) is 90.1 cm³/mol. The molecule has 0 aliphatic carbocycles. The van der Waals surface area contributed by atoms with Crippen molar-refractivity contribution in [2.75, 3.05) is 11.9 Å². The second-order valence-electron chi connectivity index (χ2n) is 6.59. The molecule has 0 fully saturated rings. The molecule has 1 aromatic rings. The van der Waals surface area contributed by atoms with Crippen molar-refractivity contribution in [1.29, 1.82) is 0 Å². The highest BCUT2D eigenvalue weighted by atomic mass is 35.5. The lowest BCUT2D eigenvalue weighted by molar-refractivity contribution is -0.117. The average molecular weight is 326 g/mol. The Morgan fingerprint density at radius 3 is 2.50 bits per heavy atom. The summed E-state index contributed by atoms with van der Waals surface area (Å²) in [6, 6.07) is 4.69. The maximum atomic E-state index is 12.1. The molecule has 22 heavy (non-hydrogen) atoms. The second-order valence-corrected chi connectivity index (χ2v) is 7.00. The molecule has 0 saturated heterocycles. The maximum Gasteiger partial charge on any atom is 0.253 e. The molecule has 0 aliphatic heterocycles. The van der Waals surface area contributed by atoms with Crippen LogP contribution < -0.4 is 16.4 Å². The first-order valence-electron chi connectivity index (χ1n) is 7.22. The van der Waals surface area contributed by atoms with E-state index in [0.29, 0.717) is 29.2 Å². The molecular weight excluding hydrogens is 302 g/mol. The van der Waals surface area contributed by atoms with Gasteiger partial charge in [0.25, 0.3) is 5.91 Å². The van der Waals surface area contributed by atoms with E-state index in [0.717, 1.165) is 0 Å². The standard InChI is InChI=1S/C16H24ClN3O2/c1-10(9-18)19-15(22)12-7-11(5-6-13(12)17)20-14(21)8-16(2,3)4/h5-7,10H,8-9,18H2,1-4H3,(H,19,22)(H,20,21)/t10-/m0/s1. The minimum absolute atomic E-state index is 0.100. The number of hydrogen-bond donors (Lipinski definition) is 3. The fraction of sp³-hybridized carbons (Fsp3) is 0.500. The number of benzene rings is 1. The van der Waals surface area contributed by atoms with Gasteiger partial charge in [-0.2, -0.15) is 0 Å². The van der Waals surface area contributed by atoms with Gasteiger partial charge in [-0.25, -0.2) is 0 Å². The summed E-state index contributed by atoms with van der Waals surface area (Å²) in [5.41, 5.74) is 6.24. The van der Waals surface area contributed by atoms with Gasteiger partial charge in [-0.15, -0.1) is 0 Å². The Morgan fingerprint density at radius 1 is 1.32 bits per heavy atom.